The summed E-state index contributed by atoms with van der Waals surface area (Å²) in [5.41, 5.74) is 0.645. The van der Waals surface area contributed by atoms with Crippen molar-refractivity contribution < 1.29 is 23.9 Å². The van der Waals surface area contributed by atoms with E-state index in [1.807, 2.05) is 48.6 Å². The fraction of sp³-hybridized carbons (Fsp3) is 0.522. The largest absolute Gasteiger partial charge is 0.462 e. The van der Waals surface area contributed by atoms with Crippen LogP contribution in [-0.2, 0) is 14.3 Å². The standard InChI is InChI=1S/C23H31N3O5S2/c1-5-30-21(28)19-16(17-7-6-12-32-17)14-33-20(19)25-18(27)13-26-10-8-15(9-11-26)24-22(29)31-23(2,3)4/h6-7,12,14-15H,5,8-11,13H2,1-4H3,(H,24,29)(H,25,27). The molecule has 3 rings (SSSR count). The molecular weight excluding hydrogens is 462 g/mol. The predicted octanol–water partition coefficient (Wildman–Crippen LogP) is 4.58. The van der Waals surface area contributed by atoms with Crippen LogP contribution in [0.3, 0.4) is 0 Å². The molecule has 2 aromatic rings. The Morgan fingerprint density at radius 3 is 2.52 bits per heavy atom. The van der Waals surface area contributed by atoms with Gasteiger partial charge in [0.25, 0.3) is 0 Å². The highest BCUT2D eigenvalue weighted by Crippen LogP contribution is 2.38. The van der Waals surface area contributed by atoms with E-state index in [4.69, 9.17) is 9.47 Å². The summed E-state index contributed by atoms with van der Waals surface area (Å²) in [4.78, 5) is 40.3. The van der Waals surface area contributed by atoms with E-state index in [9.17, 15) is 14.4 Å². The first-order valence-corrected chi connectivity index (χ1v) is 12.8. The van der Waals surface area contributed by atoms with Crippen LogP contribution in [0.5, 0.6) is 0 Å². The molecule has 0 saturated carbocycles. The minimum Gasteiger partial charge on any atom is -0.462 e. The molecule has 10 heteroatoms. The maximum absolute atomic E-state index is 12.7. The summed E-state index contributed by atoms with van der Waals surface area (Å²) < 4.78 is 10.5. The number of anilines is 1. The van der Waals surface area contributed by atoms with Crippen molar-refractivity contribution >= 4 is 45.6 Å². The lowest BCUT2D eigenvalue weighted by Crippen LogP contribution is -2.47. The maximum Gasteiger partial charge on any atom is 0.407 e. The topological polar surface area (TPSA) is 97.0 Å². The van der Waals surface area contributed by atoms with Crippen molar-refractivity contribution in [2.24, 2.45) is 0 Å². The monoisotopic (exact) mass is 493 g/mol. The second kappa shape index (κ2) is 11.1. The zero-order chi connectivity index (χ0) is 24.0. The molecule has 0 unspecified atom stereocenters. The van der Waals surface area contributed by atoms with Gasteiger partial charge >= 0.3 is 12.1 Å². The zero-order valence-corrected chi connectivity index (χ0v) is 21.1. The fourth-order valence-corrected chi connectivity index (χ4v) is 5.34. The highest BCUT2D eigenvalue weighted by atomic mass is 32.1. The SMILES string of the molecule is CCOC(=O)c1c(-c2cccs2)csc1NC(=O)CN1CCC(NC(=O)OC(C)(C)C)CC1. The van der Waals surface area contributed by atoms with Gasteiger partial charge in [0.15, 0.2) is 0 Å². The molecule has 3 heterocycles. The Kier molecular flexibility index (Phi) is 8.50. The van der Waals surface area contributed by atoms with E-state index in [1.54, 1.807) is 6.92 Å². The fourth-order valence-electron chi connectivity index (χ4n) is 3.55. The molecule has 0 radical (unpaired) electrons. The lowest BCUT2D eigenvalue weighted by atomic mass is 10.1. The third kappa shape index (κ3) is 7.28. The molecule has 2 aromatic heterocycles. The predicted molar refractivity (Wildman–Crippen MR) is 131 cm³/mol. The van der Waals surface area contributed by atoms with Crippen LogP contribution in [-0.4, -0.2) is 60.8 Å². The molecule has 2 amide bonds. The summed E-state index contributed by atoms with van der Waals surface area (Å²) in [5.74, 6) is -0.620. The zero-order valence-electron chi connectivity index (χ0n) is 19.4. The van der Waals surface area contributed by atoms with E-state index in [1.165, 1.54) is 22.7 Å². The summed E-state index contributed by atoms with van der Waals surface area (Å²) in [5, 5.41) is 10.1. The number of rotatable bonds is 7. The van der Waals surface area contributed by atoms with Gasteiger partial charge in [0.2, 0.25) is 5.91 Å². The summed E-state index contributed by atoms with van der Waals surface area (Å²) in [6.45, 7) is 9.10. The van der Waals surface area contributed by atoms with Crippen LogP contribution in [0.2, 0.25) is 0 Å². The van der Waals surface area contributed by atoms with E-state index in [-0.39, 0.29) is 25.1 Å². The highest BCUT2D eigenvalue weighted by Gasteiger charge is 2.26. The lowest BCUT2D eigenvalue weighted by molar-refractivity contribution is -0.117. The van der Waals surface area contributed by atoms with Crippen LogP contribution >= 0.6 is 22.7 Å². The summed E-state index contributed by atoms with van der Waals surface area (Å²) >= 11 is 2.86. The molecule has 8 nitrogen and oxygen atoms in total. The average Bonchev–Trinajstić information content (AvgIpc) is 3.38. The molecule has 180 valence electrons. The first-order chi connectivity index (χ1) is 15.7. The maximum atomic E-state index is 12.7. The van der Waals surface area contributed by atoms with Crippen LogP contribution in [0.25, 0.3) is 10.4 Å². The number of carbonyl (C=O) groups is 3. The van der Waals surface area contributed by atoms with E-state index in [0.717, 1.165) is 23.3 Å². The van der Waals surface area contributed by atoms with Gasteiger partial charge in [-0.25, -0.2) is 9.59 Å². The van der Waals surface area contributed by atoms with Crippen molar-refractivity contribution in [3.05, 3.63) is 28.5 Å². The van der Waals surface area contributed by atoms with Gasteiger partial charge in [-0.3, -0.25) is 9.69 Å². The first kappa shape index (κ1) is 25.2. The van der Waals surface area contributed by atoms with Crippen molar-refractivity contribution in [1.29, 1.82) is 0 Å². The first-order valence-electron chi connectivity index (χ1n) is 11.0. The van der Waals surface area contributed by atoms with Gasteiger partial charge in [0.05, 0.1) is 13.2 Å². The molecule has 0 bridgehead atoms. The molecule has 1 saturated heterocycles. The van der Waals surface area contributed by atoms with Gasteiger partial charge in [0.1, 0.15) is 16.2 Å². The van der Waals surface area contributed by atoms with E-state index >= 15 is 0 Å². The molecule has 1 aliphatic rings. The third-order valence-corrected chi connectivity index (χ3v) is 6.78. The summed E-state index contributed by atoms with van der Waals surface area (Å²) in [7, 11) is 0. The molecule has 0 spiro atoms. The Balaban J connectivity index is 1.55. The average molecular weight is 494 g/mol. The summed E-state index contributed by atoms with van der Waals surface area (Å²) in [6, 6.07) is 3.89. The Morgan fingerprint density at radius 1 is 1.18 bits per heavy atom. The van der Waals surface area contributed by atoms with Gasteiger partial charge in [-0.05, 0) is 52.0 Å². The van der Waals surface area contributed by atoms with Crippen molar-refractivity contribution in [2.75, 3.05) is 31.6 Å². The highest BCUT2D eigenvalue weighted by molar-refractivity contribution is 7.17. The van der Waals surface area contributed by atoms with Crippen LogP contribution in [0.15, 0.2) is 22.9 Å². The molecule has 0 aromatic carbocycles. The number of amides is 2. The number of piperidine rings is 1. The number of nitrogens with one attached hydrogen (secondary N) is 2. The number of esters is 1. The number of hydrogen-bond donors (Lipinski definition) is 2. The third-order valence-electron chi connectivity index (χ3n) is 4.99. The Morgan fingerprint density at radius 2 is 1.91 bits per heavy atom. The molecule has 1 aliphatic heterocycles. The van der Waals surface area contributed by atoms with E-state index in [2.05, 4.69) is 10.6 Å². The molecule has 1 fully saturated rings. The number of nitrogens with zero attached hydrogens (tertiary/aromatic N) is 1. The minimum atomic E-state index is -0.531. The van der Waals surface area contributed by atoms with Crippen molar-refractivity contribution in [1.82, 2.24) is 10.2 Å². The number of likely N-dealkylation sites (tertiary alicyclic amines) is 1. The van der Waals surface area contributed by atoms with Crippen molar-refractivity contribution in [3.63, 3.8) is 0 Å². The van der Waals surface area contributed by atoms with Gasteiger partial charge in [-0.15, -0.1) is 22.7 Å². The van der Waals surface area contributed by atoms with Gasteiger partial charge in [-0.1, -0.05) is 6.07 Å². The Labute approximate surface area is 202 Å². The van der Waals surface area contributed by atoms with Gasteiger partial charge in [0, 0.05) is 35.0 Å². The molecule has 0 aliphatic carbocycles. The minimum absolute atomic E-state index is 0.0280. The van der Waals surface area contributed by atoms with Gasteiger partial charge < -0.3 is 20.1 Å². The van der Waals surface area contributed by atoms with Crippen LogP contribution in [0.4, 0.5) is 9.80 Å². The normalized spacial score (nSPS) is 15.2. The molecular formula is C23H31N3O5S2. The quantitative estimate of drug-likeness (QED) is 0.548. The van der Waals surface area contributed by atoms with Crippen LogP contribution in [0, 0.1) is 0 Å². The molecule has 0 atom stereocenters. The van der Waals surface area contributed by atoms with Crippen LogP contribution < -0.4 is 10.6 Å². The number of ether oxygens (including phenoxy) is 2. The van der Waals surface area contributed by atoms with Crippen molar-refractivity contribution in [3.8, 4) is 10.4 Å². The van der Waals surface area contributed by atoms with E-state index in [0.29, 0.717) is 23.7 Å². The molecule has 33 heavy (non-hydrogen) atoms. The number of thiophene rings is 2. The van der Waals surface area contributed by atoms with E-state index < -0.39 is 17.7 Å². The number of carbonyl (C=O) groups excluding carboxylic acids is 3. The second-order valence-corrected chi connectivity index (χ2v) is 10.6. The van der Waals surface area contributed by atoms with Crippen LogP contribution in [0.1, 0.15) is 50.9 Å². The Hall–Kier alpha value is -2.43. The number of alkyl carbamates (subject to hydrolysis) is 1. The Bertz CT molecular complexity index is 957. The smallest absolute Gasteiger partial charge is 0.407 e. The second-order valence-electron chi connectivity index (χ2n) is 8.80. The lowest BCUT2D eigenvalue weighted by Gasteiger charge is -2.32. The van der Waals surface area contributed by atoms with Crippen molar-refractivity contribution in [2.45, 2.75) is 52.2 Å². The van der Waals surface area contributed by atoms with Gasteiger partial charge in [-0.2, -0.15) is 0 Å². The molecule has 2 N–H and O–H groups in total. The summed E-state index contributed by atoms with van der Waals surface area (Å²) in [6.07, 6.45) is 1.06. The number of hydrogen-bond acceptors (Lipinski definition) is 8.